The molecule has 0 spiro atoms. The molecule has 2 amide bonds. The highest BCUT2D eigenvalue weighted by Gasteiger charge is 2.21. The summed E-state index contributed by atoms with van der Waals surface area (Å²) in [4.78, 5) is 47.4. The Kier molecular flexibility index (Phi) is 11.7. The molecular weight excluding hydrogens is 492 g/mol. The third-order valence-electron chi connectivity index (χ3n) is 5.25. The Morgan fingerprint density at radius 3 is 1.87 bits per heavy atom. The number of carboxylic acids is 2. The van der Waals surface area contributed by atoms with Crippen LogP contribution < -0.4 is 15.4 Å². The highest BCUT2D eigenvalue weighted by Crippen LogP contribution is 2.29. The topological polar surface area (TPSA) is 149 Å². The molecule has 0 unspecified atom stereocenters. The van der Waals surface area contributed by atoms with E-state index in [4.69, 9.17) is 24.5 Å². The smallest absolute Gasteiger partial charge is 0.414 e. The fourth-order valence-corrected chi connectivity index (χ4v) is 3.67. The van der Waals surface area contributed by atoms with Gasteiger partial charge in [-0.15, -0.1) is 0 Å². The summed E-state index contributed by atoms with van der Waals surface area (Å²) < 4.78 is 5.93. The van der Waals surface area contributed by atoms with Crippen LogP contribution in [0.25, 0.3) is 0 Å². The first kappa shape index (κ1) is 30.3. The van der Waals surface area contributed by atoms with Crippen molar-refractivity contribution in [3.63, 3.8) is 0 Å². The second-order valence-electron chi connectivity index (χ2n) is 9.77. The van der Waals surface area contributed by atoms with Gasteiger partial charge in [0.1, 0.15) is 5.75 Å². The molecule has 11 heteroatoms. The van der Waals surface area contributed by atoms with Gasteiger partial charge in [0, 0.05) is 18.6 Å². The standard InChI is InChI=1S/C25H34N4O3.C2H2O4/c1-25(2,3)27-24(31)19-29-15-9-14-28(16-17-29)18-23(30)26-21-12-7-8-13-22(21)32-20-10-5-4-6-11-20;3-1(4)2(5)6/h4-8,10-13H,9,14-19H2,1-3H3,(H,26,30)(H,27,31);(H,3,4)(H,5,6). The maximum Gasteiger partial charge on any atom is 0.414 e. The van der Waals surface area contributed by atoms with Gasteiger partial charge in [0.2, 0.25) is 11.8 Å². The lowest BCUT2D eigenvalue weighted by atomic mass is 10.1. The lowest BCUT2D eigenvalue weighted by molar-refractivity contribution is -0.159. The molecule has 0 bridgehead atoms. The zero-order chi connectivity index (χ0) is 28.1. The molecule has 4 N–H and O–H groups in total. The number of ether oxygens (including phenoxy) is 1. The van der Waals surface area contributed by atoms with Crippen molar-refractivity contribution < 1.29 is 34.1 Å². The molecule has 1 heterocycles. The first-order valence-corrected chi connectivity index (χ1v) is 12.3. The van der Waals surface area contributed by atoms with Crippen LogP contribution in [0, 0.1) is 0 Å². The molecule has 206 valence electrons. The van der Waals surface area contributed by atoms with Crippen molar-refractivity contribution in [3.05, 3.63) is 54.6 Å². The summed E-state index contributed by atoms with van der Waals surface area (Å²) in [6.45, 7) is 9.83. The molecule has 0 radical (unpaired) electrons. The number of nitrogens with one attached hydrogen (secondary N) is 2. The third-order valence-corrected chi connectivity index (χ3v) is 5.25. The molecule has 0 aromatic heterocycles. The molecular formula is C27H36N4O7. The summed E-state index contributed by atoms with van der Waals surface area (Å²) in [6.07, 6.45) is 0.920. The normalized spacial score (nSPS) is 14.3. The maximum absolute atomic E-state index is 12.7. The molecule has 2 aromatic carbocycles. The van der Waals surface area contributed by atoms with Gasteiger partial charge in [-0.1, -0.05) is 30.3 Å². The van der Waals surface area contributed by atoms with Gasteiger partial charge in [-0.3, -0.25) is 19.4 Å². The van der Waals surface area contributed by atoms with Crippen LogP contribution in [0.15, 0.2) is 54.6 Å². The second-order valence-corrected chi connectivity index (χ2v) is 9.77. The fraction of sp³-hybridized carbons (Fsp3) is 0.407. The Hall–Kier alpha value is -3.96. The predicted molar refractivity (Wildman–Crippen MR) is 142 cm³/mol. The minimum absolute atomic E-state index is 0.0405. The molecule has 1 aliphatic rings. The number of aliphatic carboxylic acids is 2. The zero-order valence-electron chi connectivity index (χ0n) is 22.0. The van der Waals surface area contributed by atoms with Crippen molar-refractivity contribution >= 4 is 29.4 Å². The molecule has 38 heavy (non-hydrogen) atoms. The summed E-state index contributed by atoms with van der Waals surface area (Å²) in [6, 6.07) is 16.9. The number of carbonyl (C=O) groups excluding carboxylic acids is 2. The summed E-state index contributed by atoms with van der Waals surface area (Å²) in [5, 5.41) is 20.8. The molecule has 1 aliphatic heterocycles. The molecule has 2 aromatic rings. The van der Waals surface area contributed by atoms with Gasteiger partial charge in [-0.25, -0.2) is 9.59 Å². The number of nitrogens with zero attached hydrogens (tertiary/aromatic N) is 2. The van der Waals surface area contributed by atoms with Crippen LogP contribution in [0.3, 0.4) is 0 Å². The molecule has 0 atom stereocenters. The van der Waals surface area contributed by atoms with E-state index < -0.39 is 11.9 Å². The van der Waals surface area contributed by atoms with Crippen molar-refractivity contribution in [1.82, 2.24) is 15.1 Å². The van der Waals surface area contributed by atoms with E-state index in [9.17, 15) is 9.59 Å². The van der Waals surface area contributed by atoms with E-state index in [1.54, 1.807) is 0 Å². The van der Waals surface area contributed by atoms with Crippen LogP contribution in [-0.4, -0.2) is 88.6 Å². The Morgan fingerprint density at radius 2 is 1.32 bits per heavy atom. The van der Waals surface area contributed by atoms with E-state index in [2.05, 4.69) is 20.4 Å². The van der Waals surface area contributed by atoms with Gasteiger partial charge < -0.3 is 25.6 Å². The Morgan fingerprint density at radius 1 is 0.789 bits per heavy atom. The van der Waals surface area contributed by atoms with Crippen LogP contribution >= 0.6 is 0 Å². The van der Waals surface area contributed by atoms with E-state index >= 15 is 0 Å². The minimum Gasteiger partial charge on any atom is -0.473 e. The number of benzene rings is 2. The largest absolute Gasteiger partial charge is 0.473 e. The van der Waals surface area contributed by atoms with E-state index in [1.807, 2.05) is 75.4 Å². The van der Waals surface area contributed by atoms with Gasteiger partial charge in [0.15, 0.2) is 5.75 Å². The number of carbonyl (C=O) groups is 4. The SMILES string of the molecule is CC(C)(C)NC(=O)CN1CCCN(CC(=O)Nc2ccccc2Oc2ccccc2)CC1.O=C(O)C(=O)O. The van der Waals surface area contributed by atoms with Crippen LogP contribution in [-0.2, 0) is 19.2 Å². The maximum atomic E-state index is 12.7. The fourth-order valence-electron chi connectivity index (χ4n) is 3.67. The highest BCUT2D eigenvalue weighted by atomic mass is 16.5. The number of para-hydroxylation sites is 3. The average molecular weight is 529 g/mol. The number of amides is 2. The van der Waals surface area contributed by atoms with Crippen molar-refractivity contribution in [2.75, 3.05) is 44.6 Å². The molecule has 0 aliphatic carbocycles. The zero-order valence-corrected chi connectivity index (χ0v) is 22.0. The number of rotatable bonds is 7. The summed E-state index contributed by atoms with van der Waals surface area (Å²) in [7, 11) is 0. The van der Waals surface area contributed by atoms with Crippen LogP contribution in [0.2, 0.25) is 0 Å². The Balaban J connectivity index is 0.000000757. The Bertz CT molecular complexity index is 1070. The van der Waals surface area contributed by atoms with Gasteiger partial charge in [-0.05, 0) is 64.5 Å². The first-order valence-electron chi connectivity index (χ1n) is 12.3. The van der Waals surface area contributed by atoms with Crippen LogP contribution in [0.4, 0.5) is 5.69 Å². The summed E-state index contributed by atoms with van der Waals surface area (Å²) in [5.74, 6) is -2.35. The number of hydrogen-bond donors (Lipinski definition) is 4. The minimum atomic E-state index is -1.82. The summed E-state index contributed by atoms with van der Waals surface area (Å²) in [5.41, 5.74) is 0.421. The lowest BCUT2D eigenvalue weighted by Crippen LogP contribution is -2.46. The first-order chi connectivity index (χ1) is 17.9. The average Bonchev–Trinajstić information content (AvgIpc) is 3.05. The lowest BCUT2D eigenvalue weighted by Gasteiger charge is -2.25. The predicted octanol–water partition coefficient (Wildman–Crippen LogP) is 2.50. The van der Waals surface area contributed by atoms with Gasteiger partial charge in [-0.2, -0.15) is 0 Å². The van der Waals surface area contributed by atoms with Crippen LogP contribution in [0.5, 0.6) is 11.5 Å². The number of anilines is 1. The van der Waals surface area contributed by atoms with Crippen molar-refractivity contribution in [2.24, 2.45) is 0 Å². The van der Waals surface area contributed by atoms with E-state index in [0.29, 0.717) is 24.5 Å². The molecule has 1 fully saturated rings. The highest BCUT2D eigenvalue weighted by molar-refractivity contribution is 6.27. The van der Waals surface area contributed by atoms with Crippen molar-refractivity contribution in [1.29, 1.82) is 0 Å². The van der Waals surface area contributed by atoms with Gasteiger partial charge >= 0.3 is 11.9 Å². The van der Waals surface area contributed by atoms with E-state index in [0.717, 1.165) is 38.3 Å². The number of carboxylic acid groups (broad SMARTS) is 2. The molecule has 3 rings (SSSR count). The van der Waals surface area contributed by atoms with E-state index in [-0.39, 0.29) is 17.4 Å². The van der Waals surface area contributed by atoms with Crippen molar-refractivity contribution in [3.8, 4) is 11.5 Å². The summed E-state index contributed by atoms with van der Waals surface area (Å²) >= 11 is 0. The van der Waals surface area contributed by atoms with Crippen LogP contribution in [0.1, 0.15) is 27.2 Å². The quantitative estimate of drug-likeness (QED) is 0.398. The molecule has 0 saturated carbocycles. The third kappa shape index (κ3) is 11.8. The molecule has 1 saturated heterocycles. The van der Waals surface area contributed by atoms with E-state index in [1.165, 1.54) is 0 Å². The number of hydrogen-bond acceptors (Lipinski definition) is 7. The van der Waals surface area contributed by atoms with Gasteiger partial charge in [0.25, 0.3) is 0 Å². The van der Waals surface area contributed by atoms with Gasteiger partial charge in [0.05, 0.1) is 18.8 Å². The molecule has 11 nitrogen and oxygen atoms in total. The van der Waals surface area contributed by atoms with Crippen molar-refractivity contribution in [2.45, 2.75) is 32.7 Å². The second kappa shape index (κ2) is 14.7. The monoisotopic (exact) mass is 528 g/mol. The Labute approximate surface area is 222 Å².